The number of carbonyl (C=O) groups is 1. The van der Waals surface area contributed by atoms with E-state index in [9.17, 15) is 4.79 Å². The monoisotopic (exact) mass is 341 g/mol. The van der Waals surface area contributed by atoms with Gasteiger partial charge in [0, 0.05) is 17.3 Å². The van der Waals surface area contributed by atoms with Crippen molar-refractivity contribution in [2.75, 3.05) is 26.1 Å². The fourth-order valence-corrected chi connectivity index (χ4v) is 2.24. The van der Waals surface area contributed by atoms with Crippen molar-refractivity contribution in [1.29, 1.82) is 0 Å². The summed E-state index contributed by atoms with van der Waals surface area (Å²) in [5, 5.41) is 3.06. The zero-order valence-electron chi connectivity index (χ0n) is 14.7. The van der Waals surface area contributed by atoms with Crippen LogP contribution in [0.3, 0.4) is 0 Å². The maximum absolute atomic E-state index is 12.0. The number of nitrogens with one attached hydrogen (secondary N) is 3. The third kappa shape index (κ3) is 5.17. The van der Waals surface area contributed by atoms with E-state index in [-0.39, 0.29) is 12.5 Å². The lowest BCUT2D eigenvalue weighted by molar-refractivity contribution is -0.120. The molecule has 0 fully saturated rings. The van der Waals surface area contributed by atoms with Crippen LogP contribution in [-0.4, -0.2) is 26.7 Å². The van der Waals surface area contributed by atoms with Gasteiger partial charge in [-0.2, -0.15) is 0 Å². The first-order valence-electron chi connectivity index (χ1n) is 7.80. The molecular formula is C19H23N3O3. The Bertz CT molecular complexity index is 759. The molecule has 0 aromatic heterocycles. The third-order valence-corrected chi connectivity index (χ3v) is 3.56. The Morgan fingerprint density at radius 1 is 1.08 bits per heavy atom. The molecule has 6 heteroatoms. The smallest absolute Gasteiger partial charge is 0.257 e. The minimum absolute atomic E-state index is 0.142. The van der Waals surface area contributed by atoms with Gasteiger partial charge < -0.3 is 14.8 Å². The summed E-state index contributed by atoms with van der Waals surface area (Å²) >= 11 is 0. The first-order chi connectivity index (χ1) is 12.0. The van der Waals surface area contributed by atoms with E-state index in [0.29, 0.717) is 17.2 Å². The number of benzene rings is 2. The van der Waals surface area contributed by atoms with Crippen molar-refractivity contribution < 1.29 is 14.3 Å². The van der Waals surface area contributed by atoms with Crippen LogP contribution in [-0.2, 0) is 4.79 Å². The standard InChI is InChI=1S/C19H23N3O3/c1-13-6-5-7-15(10-13)20-12-19(23)22-21-14(2)17-9-8-16(24-3)11-18(17)25-4/h5-11,20-21H,2,12H2,1,3-4H3,(H,22,23). The summed E-state index contributed by atoms with van der Waals surface area (Å²) in [6, 6.07) is 13.2. The summed E-state index contributed by atoms with van der Waals surface area (Å²) < 4.78 is 10.5. The van der Waals surface area contributed by atoms with Crippen LogP contribution in [0, 0.1) is 6.92 Å². The minimum Gasteiger partial charge on any atom is -0.497 e. The molecule has 3 N–H and O–H groups in total. The molecule has 0 aliphatic carbocycles. The highest BCUT2D eigenvalue weighted by atomic mass is 16.5. The van der Waals surface area contributed by atoms with E-state index >= 15 is 0 Å². The van der Waals surface area contributed by atoms with Crippen LogP contribution in [0.5, 0.6) is 11.5 Å². The molecule has 6 nitrogen and oxygen atoms in total. The number of anilines is 1. The number of hydrogen-bond donors (Lipinski definition) is 3. The second-order valence-corrected chi connectivity index (χ2v) is 5.44. The third-order valence-electron chi connectivity index (χ3n) is 3.56. The van der Waals surface area contributed by atoms with Gasteiger partial charge in [0.05, 0.1) is 26.5 Å². The predicted molar refractivity (Wildman–Crippen MR) is 99.5 cm³/mol. The van der Waals surface area contributed by atoms with Gasteiger partial charge in [-0.1, -0.05) is 18.7 Å². The number of hydrogen-bond acceptors (Lipinski definition) is 5. The summed E-state index contributed by atoms with van der Waals surface area (Å²) in [5.74, 6) is 1.07. The van der Waals surface area contributed by atoms with Crippen LogP contribution in [0.4, 0.5) is 5.69 Å². The second kappa shape index (κ2) is 8.63. The molecule has 0 saturated carbocycles. The Hall–Kier alpha value is -3.15. The zero-order valence-corrected chi connectivity index (χ0v) is 14.7. The van der Waals surface area contributed by atoms with Crippen molar-refractivity contribution in [2.45, 2.75) is 6.92 Å². The molecule has 132 valence electrons. The lowest BCUT2D eigenvalue weighted by Gasteiger charge is -2.15. The zero-order chi connectivity index (χ0) is 18.2. The molecule has 0 atom stereocenters. The topological polar surface area (TPSA) is 71.6 Å². The molecule has 0 aliphatic rings. The Morgan fingerprint density at radius 2 is 1.88 bits per heavy atom. The Kier molecular flexibility index (Phi) is 6.28. The highest BCUT2D eigenvalue weighted by Crippen LogP contribution is 2.27. The van der Waals surface area contributed by atoms with Gasteiger partial charge in [0.15, 0.2) is 0 Å². The Balaban J connectivity index is 1.88. The molecule has 1 amide bonds. The van der Waals surface area contributed by atoms with E-state index in [0.717, 1.165) is 16.8 Å². The van der Waals surface area contributed by atoms with Gasteiger partial charge in [-0.3, -0.25) is 15.6 Å². The second-order valence-electron chi connectivity index (χ2n) is 5.44. The maximum atomic E-state index is 12.0. The van der Waals surface area contributed by atoms with Gasteiger partial charge >= 0.3 is 0 Å². The van der Waals surface area contributed by atoms with Gasteiger partial charge in [0.1, 0.15) is 11.5 Å². The van der Waals surface area contributed by atoms with Crippen molar-refractivity contribution in [3.63, 3.8) is 0 Å². The Morgan fingerprint density at radius 3 is 2.56 bits per heavy atom. The Labute approximate surface area is 147 Å². The molecule has 2 rings (SSSR count). The van der Waals surface area contributed by atoms with E-state index in [2.05, 4.69) is 22.7 Å². The molecule has 0 saturated heterocycles. The number of hydrazine groups is 1. The fraction of sp³-hybridized carbons (Fsp3) is 0.211. The predicted octanol–water partition coefficient (Wildman–Crippen LogP) is 2.72. The first-order valence-corrected chi connectivity index (χ1v) is 7.80. The van der Waals surface area contributed by atoms with Gasteiger partial charge in [0.2, 0.25) is 0 Å². The molecule has 0 aliphatic heterocycles. The van der Waals surface area contributed by atoms with E-state index in [1.165, 1.54) is 0 Å². The number of ether oxygens (including phenoxy) is 2. The highest BCUT2D eigenvalue weighted by molar-refractivity contribution is 5.81. The van der Waals surface area contributed by atoms with Crippen molar-refractivity contribution >= 4 is 17.3 Å². The minimum atomic E-state index is -0.213. The largest absolute Gasteiger partial charge is 0.497 e. The molecule has 2 aromatic rings. The van der Waals surface area contributed by atoms with Crippen LogP contribution in [0.1, 0.15) is 11.1 Å². The molecule has 0 unspecified atom stereocenters. The average Bonchev–Trinajstić information content (AvgIpc) is 2.63. The van der Waals surface area contributed by atoms with Crippen molar-refractivity contribution in [2.24, 2.45) is 0 Å². The molecule has 25 heavy (non-hydrogen) atoms. The molecule has 0 bridgehead atoms. The van der Waals surface area contributed by atoms with E-state index < -0.39 is 0 Å². The number of amides is 1. The number of carbonyl (C=O) groups excluding carboxylic acids is 1. The van der Waals surface area contributed by atoms with Gasteiger partial charge in [-0.15, -0.1) is 0 Å². The number of aryl methyl sites for hydroxylation is 1. The quantitative estimate of drug-likeness (QED) is 0.644. The number of methoxy groups -OCH3 is 2. The van der Waals surface area contributed by atoms with Crippen LogP contribution in [0.15, 0.2) is 49.0 Å². The summed E-state index contributed by atoms with van der Waals surface area (Å²) in [6.45, 7) is 6.07. The van der Waals surface area contributed by atoms with Crippen LogP contribution >= 0.6 is 0 Å². The highest BCUT2D eigenvalue weighted by Gasteiger charge is 2.09. The molecule has 0 spiro atoms. The van der Waals surface area contributed by atoms with Gasteiger partial charge in [-0.25, -0.2) is 0 Å². The normalized spacial score (nSPS) is 9.88. The first kappa shape index (κ1) is 18.2. The lowest BCUT2D eigenvalue weighted by atomic mass is 10.1. The number of rotatable bonds is 8. The van der Waals surface area contributed by atoms with Crippen molar-refractivity contribution in [3.05, 3.63) is 60.2 Å². The van der Waals surface area contributed by atoms with Crippen molar-refractivity contribution in [3.8, 4) is 11.5 Å². The van der Waals surface area contributed by atoms with Gasteiger partial charge in [-0.05, 0) is 36.8 Å². The molecule has 2 aromatic carbocycles. The average molecular weight is 341 g/mol. The molecular weight excluding hydrogens is 318 g/mol. The van der Waals surface area contributed by atoms with E-state index in [4.69, 9.17) is 9.47 Å². The molecule has 0 radical (unpaired) electrons. The molecule has 0 heterocycles. The summed E-state index contributed by atoms with van der Waals surface area (Å²) in [4.78, 5) is 12.0. The van der Waals surface area contributed by atoms with Gasteiger partial charge in [0.25, 0.3) is 5.91 Å². The lowest BCUT2D eigenvalue weighted by Crippen LogP contribution is -2.39. The SMILES string of the molecule is C=C(NNC(=O)CNc1cccc(C)c1)c1ccc(OC)cc1OC. The maximum Gasteiger partial charge on any atom is 0.257 e. The van der Waals surface area contributed by atoms with E-state index in [1.807, 2.05) is 37.3 Å². The van der Waals surface area contributed by atoms with Crippen LogP contribution in [0.25, 0.3) is 5.70 Å². The van der Waals surface area contributed by atoms with E-state index in [1.54, 1.807) is 26.4 Å². The van der Waals surface area contributed by atoms with Crippen LogP contribution < -0.4 is 25.6 Å². The van der Waals surface area contributed by atoms with Crippen molar-refractivity contribution in [1.82, 2.24) is 10.9 Å². The summed E-state index contributed by atoms with van der Waals surface area (Å²) in [7, 11) is 3.15. The van der Waals surface area contributed by atoms with Crippen LogP contribution in [0.2, 0.25) is 0 Å². The fourth-order valence-electron chi connectivity index (χ4n) is 2.24. The summed E-state index contributed by atoms with van der Waals surface area (Å²) in [5.41, 5.74) is 8.68. The summed E-state index contributed by atoms with van der Waals surface area (Å²) in [6.07, 6.45) is 0.